The fraction of sp³-hybridized carbons (Fsp3) is 0.300. The minimum atomic E-state index is -0.452. The largest absolute Gasteiger partial charge is 0.468 e. The maximum absolute atomic E-state index is 12.5. The summed E-state index contributed by atoms with van der Waals surface area (Å²) in [5.74, 6) is -0.466. The summed E-state index contributed by atoms with van der Waals surface area (Å²) in [7, 11) is 1.38. The van der Waals surface area contributed by atoms with Gasteiger partial charge < -0.3 is 10.1 Å². The first-order chi connectivity index (χ1) is 12.5. The molecule has 1 aliphatic heterocycles. The minimum absolute atomic E-state index is 0.128. The zero-order valence-electron chi connectivity index (χ0n) is 14.8. The maximum Gasteiger partial charge on any atom is 0.323 e. The molecule has 1 aliphatic rings. The molecule has 0 bridgehead atoms. The Hall–Kier alpha value is -2.18. The van der Waals surface area contributed by atoms with Crippen molar-refractivity contribution in [2.24, 2.45) is 0 Å². The highest BCUT2D eigenvalue weighted by Gasteiger charge is 2.33. The van der Waals surface area contributed by atoms with E-state index < -0.39 is 6.04 Å². The molecule has 1 atom stereocenters. The standard InChI is InChI=1S/C20H21BrN2O3/c1-13-9-16(7-8-17(13)21)22-19(24)12-23-11-15-6-4-3-5-14(15)10-18(23)20(25)26-2/h3-9,18H,10-12H2,1-2H3,(H,22,24)/t18-/m0/s1. The molecule has 0 saturated carbocycles. The lowest BCUT2D eigenvalue weighted by atomic mass is 9.94. The Morgan fingerprint density at radius 3 is 2.65 bits per heavy atom. The minimum Gasteiger partial charge on any atom is -0.468 e. The van der Waals surface area contributed by atoms with Crippen LogP contribution in [0.4, 0.5) is 5.69 Å². The number of amides is 1. The van der Waals surface area contributed by atoms with Crippen molar-refractivity contribution in [2.45, 2.75) is 25.9 Å². The summed E-state index contributed by atoms with van der Waals surface area (Å²) in [5.41, 5.74) is 4.05. The molecule has 6 heteroatoms. The Kier molecular flexibility index (Phi) is 5.74. The number of ether oxygens (including phenoxy) is 1. The first-order valence-electron chi connectivity index (χ1n) is 8.42. The van der Waals surface area contributed by atoms with E-state index in [1.165, 1.54) is 7.11 Å². The number of nitrogens with one attached hydrogen (secondary N) is 1. The molecule has 1 heterocycles. The number of benzene rings is 2. The van der Waals surface area contributed by atoms with E-state index in [4.69, 9.17) is 4.74 Å². The number of fused-ring (bicyclic) bond motifs is 1. The second-order valence-corrected chi connectivity index (χ2v) is 7.28. The Labute approximate surface area is 161 Å². The van der Waals surface area contributed by atoms with Crippen molar-refractivity contribution < 1.29 is 14.3 Å². The smallest absolute Gasteiger partial charge is 0.323 e. The van der Waals surface area contributed by atoms with Gasteiger partial charge in [-0.05, 0) is 48.2 Å². The molecule has 0 spiro atoms. The van der Waals surface area contributed by atoms with Gasteiger partial charge in [0.25, 0.3) is 0 Å². The number of halogens is 1. The van der Waals surface area contributed by atoms with Gasteiger partial charge in [0, 0.05) is 16.7 Å². The van der Waals surface area contributed by atoms with Crippen LogP contribution in [0, 0.1) is 6.92 Å². The van der Waals surface area contributed by atoms with E-state index in [1.54, 1.807) is 0 Å². The van der Waals surface area contributed by atoms with Gasteiger partial charge in [-0.2, -0.15) is 0 Å². The molecule has 0 saturated heterocycles. The summed E-state index contributed by atoms with van der Waals surface area (Å²) >= 11 is 3.45. The van der Waals surface area contributed by atoms with Crippen LogP contribution in [-0.2, 0) is 27.3 Å². The molecule has 0 fully saturated rings. The molecule has 1 N–H and O–H groups in total. The van der Waals surface area contributed by atoms with Crippen molar-refractivity contribution >= 4 is 33.5 Å². The van der Waals surface area contributed by atoms with E-state index in [1.807, 2.05) is 54.3 Å². The molecule has 5 nitrogen and oxygen atoms in total. The fourth-order valence-corrected chi connectivity index (χ4v) is 3.47. The Morgan fingerprint density at radius 1 is 1.23 bits per heavy atom. The van der Waals surface area contributed by atoms with E-state index in [-0.39, 0.29) is 18.4 Å². The van der Waals surface area contributed by atoms with E-state index in [9.17, 15) is 9.59 Å². The molecule has 26 heavy (non-hydrogen) atoms. The summed E-state index contributed by atoms with van der Waals surface area (Å²) in [4.78, 5) is 26.6. The number of anilines is 1. The Morgan fingerprint density at radius 2 is 1.96 bits per heavy atom. The molecule has 2 aromatic carbocycles. The van der Waals surface area contributed by atoms with Gasteiger partial charge >= 0.3 is 5.97 Å². The van der Waals surface area contributed by atoms with Gasteiger partial charge in [-0.3, -0.25) is 14.5 Å². The molecule has 0 aromatic heterocycles. The lowest BCUT2D eigenvalue weighted by Gasteiger charge is -2.34. The SMILES string of the molecule is COC(=O)[C@@H]1Cc2ccccc2CN1CC(=O)Nc1ccc(Br)c(C)c1. The third-order valence-corrected chi connectivity index (χ3v) is 5.50. The first kappa shape index (κ1) is 18.6. The van der Waals surface area contributed by atoms with Gasteiger partial charge in [-0.15, -0.1) is 0 Å². The number of carbonyl (C=O) groups is 2. The summed E-state index contributed by atoms with van der Waals surface area (Å²) in [5, 5.41) is 2.91. The average Bonchev–Trinajstić information content (AvgIpc) is 2.63. The predicted octanol–water partition coefficient (Wildman–Crippen LogP) is 3.30. The molecule has 3 rings (SSSR count). The number of rotatable bonds is 4. The van der Waals surface area contributed by atoms with Crippen LogP contribution in [0.3, 0.4) is 0 Å². The van der Waals surface area contributed by atoms with Gasteiger partial charge in [0.05, 0.1) is 13.7 Å². The highest BCUT2D eigenvalue weighted by atomic mass is 79.9. The number of nitrogens with zero attached hydrogens (tertiary/aromatic N) is 1. The third-order valence-electron chi connectivity index (χ3n) is 4.61. The Bertz CT molecular complexity index is 838. The fourth-order valence-electron chi connectivity index (χ4n) is 3.22. The first-order valence-corrected chi connectivity index (χ1v) is 9.22. The van der Waals surface area contributed by atoms with Crippen LogP contribution >= 0.6 is 15.9 Å². The number of hydrogen-bond acceptors (Lipinski definition) is 4. The van der Waals surface area contributed by atoms with Gasteiger partial charge in [-0.1, -0.05) is 40.2 Å². The van der Waals surface area contributed by atoms with Crippen molar-refractivity contribution in [2.75, 3.05) is 19.0 Å². The van der Waals surface area contributed by atoms with Gasteiger partial charge in [0.15, 0.2) is 0 Å². The van der Waals surface area contributed by atoms with Crippen LogP contribution in [0.5, 0.6) is 0 Å². The van der Waals surface area contributed by atoms with E-state index >= 15 is 0 Å². The number of esters is 1. The van der Waals surface area contributed by atoms with Gasteiger partial charge in [0.2, 0.25) is 5.91 Å². The maximum atomic E-state index is 12.5. The second-order valence-electron chi connectivity index (χ2n) is 6.43. The molecule has 1 amide bonds. The van der Waals surface area contributed by atoms with Crippen LogP contribution in [0.2, 0.25) is 0 Å². The van der Waals surface area contributed by atoms with Crippen LogP contribution in [0.25, 0.3) is 0 Å². The highest BCUT2D eigenvalue weighted by molar-refractivity contribution is 9.10. The number of aryl methyl sites for hydroxylation is 1. The van der Waals surface area contributed by atoms with E-state index in [0.29, 0.717) is 13.0 Å². The molecular formula is C20H21BrN2O3. The van der Waals surface area contributed by atoms with Crippen molar-refractivity contribution in [3.05, 3.63) is 63.6 Å². The van der Waals surface area contributed by atoms with E-state index in [0.717, 1.165) is 26.9 Å². The molecular weight excluding hydrogens is 396 g/mol. The van der Waals surface area contributed by atoms with Crippen molar-refractivity contribution in [1.29, 1.82) is 0 Å². The zero-order valence-corrected chi connectivity index (χ0v) is 16.4. The van der Waals surface area contributed by atoms with E-state index in [2.05, 4.69) is 21.2 Å². The number of methoxy groups -OCH3 is 1. The molecule has 0 radical (unpaired) electrons. The molecule has 2 aromatic rings. The average molecular weight is 417 g/mol. The third kappa shape index (κ3) is 4.14. The normalized spacial score (nSPS) is 16.7. The summed E-state index contributed by atoms with van der Waals surface area (Å²) in [6, 6.07) is 13.2. The second kappa shape index (κ2) is 8.01. The Balaban J connectivity index is 1.74. The van der Waals surface area contributed by atoms with Gasteiger partial charge in [0.1, 0.15) is 6.04 Å². The van der Waals surface area contributed by atoms with Crippen molar-refractivity contribution in [3.8, 4) is 0 Å². The lowest BCUT2D eigenvalue weighted by Crippen LogP contribution is -2.49. The monoisotopic (exact) mass is 416 g/mol. The number of hydrogen-bond donors (Lipinski definition) is 1. The van der Waals surface area contributed by atoms with Crippen LogP contribution in [0.1, 0.15) is 16.7 Å². The van der Waals surface area contributed by atoms with Crippen LogP contribution in [0.15, 0.2) is 46.9 Å². The van der Waals surface area contributed by atoms with Crippen LogP contribution < -0.4 is 5.32 Å². The lowest BCUT2D eigenvalue weighted by molar-refractivity contribution is -0.148. The topological polar surface area (TPSA) is 58.6 Å². The van der Waals surface area contributed by atoms with Crippen molar-refractivity contribution in [3.63, 3.8) is 0 Å². The summed E-state index contributed by atoms with van der Waals surface area (Å²) < 4.78 is 5.94. The summed E-state index contributed by atoms with van der Waals surface area (Å²) in [6.07, 6.45) is 0.549. The molecule has 0 unspecified atom stereocenters. The van der Waals surface area contributed by atoms with Crippen molar-refractivity contribution in [1.82, 2.24) is 4.90 Å². The predicted molar refractivity (Wildman–Crippen MR) is 104 cm³/mol. The molecule has 136 valence electrons. The molecule has 0 aliphatic carbocycles. The highest BCUT2D eigenvalue weighted by Crippen LogP contribution is 2.24. The quantitative estimate of drug-likeness (QED) is 0.776. The number of carbonyl (C=O) groups excluding carboxylic acids is 2. The van der Waals surface area contributed by atoms with Crippen LogP contribution in [-0.4, -0.2) is 36.5 Å². The zero-order chi connectivity index (χ0) is 18.7. The van der Waals surface area contributed by atoms with Gasteiger partial charge in [-0.25, -0.2) is 0 Å². The summed E-state index contributed by atoms with van der Waals surface area (Å²) in [6.45, 7) is 2.64.